The van der Waals surface area contributed by atoms with E-state index in [9.17, 15) is 9.59 Å². The number of carbonyl (C=O) groups excluding carboxylic acids is 2. The predicted octanol–water partition coefficient (Wildman–Crippen LogP) is 3.03. The third-order valence-electron chi connectivity index (χ3n) is 3.39. The van der Waals surface area contributed by atoms with Gasteiger partial charge in [0.1, 0.15) is 0 Å². The van der Waals surface area contributed by atoms with Gasteiger partial charge < -0.3 is 15.2 Å². The van der Waals surface area contributed by atoms with Crippen molar-refractivity contribution >= 4 is 23.2 Å². The van der Waals surface area contributed by atoms with Crippen molar-refractivity contribution in [3.05, 3.63) is 35.5 Å². The van der Waals surface area contributed by atoms with E-state index in [1.165, 1.54) is 6.92 Å². The zero-order valence-electron chi connectivity index (χ0n) is 14.3. The molecule has 128 valence electrons. The highest BCUT2D eigenvalue weighted by Gasteiger charge is 2.12. The summed E-state index contributed by atoms with van der Waals surface area (Å²) in [5.41, 5.74) is 2.29. The van der Waals surface area contributed by atoms with E-state index in [2.05, 4.69) is 20.8 Å². The van der Waals surface area contributed by atoms with E-state index in [0.29, 0.717) is 23.8 Å². The van der Waals surface area contributed by atoms with Crippen LogP contribution < -0.4 is 10.6 Å². The molecule has 0 bridgehead atoms. The zero-order chi connectivity index (χ0) is 17.7. The molecular weight excluding hydrogens is 308 g/mol. The van der Waals surface area contributed by atoms with Gasteiger partial charge in [0, 0.05) is 37.1 Å². The van der Waals surface area contributed by atoms with Gasteiger partial charge >= 0.3 is 0 Å². The Hall–Kier alpha value is -2.70. The molecule has 24 heavy (non-hydrogen) atoms. The first-order chi connectivity index (χ1) is 11.3. The molecule has 0 fully saturated rings. The van der Waals surface area contributed by atoms with E-state index >= 15 is 0 Å². The monoisotopic (exact) mass is 330 g/mol. The van der Waals surface area contributed by atoms with E-state index in [1.807, 2.05) is 26.8 Å². The molecule has 7 heteroatoms. The molecule has 0 saturated carbocycles. The second kappa shape index (κ2) is 7.72. The molecule has 2 rings (SSSR count). The van der Waals surface area contributed by atoms with E-state index in [1.54, 1.807) is 12.1 Å². The summed E-state index contributed by atoms with van der Waals surface area (Å²) in [6.45, 7) is 7.28. The molecule has 0 saturated heterocycles. The summed E-state index contributed by atoms with van der Waals surface area (Å²) in [5.74, 6) is 1.04. The van der Waals surface area contributed by atoms with Crippen LogP contribution in [-0.2, 0) is 16.0 Å². The van der Waals surface area contributed by atoms with E-state index in [-0.39, 0.29) is 24.2 Å². The minimum atomic E-state index is -0.133. The maximum absolute atomic E-state index is 12.0. The highest BCUT2D eigenvalue weighted by atomic mass is 16.5. The normalized spacial score (nSPS) is 10.7. The predicted molar refractivity (Wildman–Crippen MR) is 90.8 cm³/mol. The fraction of sp³-hybridized carbons (Fsp3) is 0.412. The Morgan fingerprint density at radius 1 is 1.25 bits per heavy atom. The molecule has 0 spiro atoms. The van der Waals surface area contributed by atoms with Crippen LogP contribution >= 0.6 is 0 Å². The first-order valence-electron chi connectivity index (χ1n) is 7.85. The van der Waals surface area contributed by atoms with E-state index in [0.717, 1.165) is 11.3 Å². The number of aryl methyl sites for hydroxylation is 2. The average molecular weight is 330 g/mol. The van der Waals surface area contributed by atoms with Gasteiger partial charge in [-0.15, -0.1) is 0 Å². The molecule has 0 aliphatic carbocycles. The van der Waals surface area contributed by atoms with Crippen LogP contribution in [0.1, 0.15) is 50.4 Å². The largest absolute Gasteiger partial charge is 0.339 e. The second-order valence-electron chi connectivity index (χ2n) is 5.96. The van der Waals surface area contributed by atoms with Gasteiger partial charge in [-0.1, -0.05) is 19.0 Å². The van der Waals surface area contributed by atoms with Crippen molar-refractivity contribution in [2.75, 3.05) is 10.6 Å². The van der Waals surface area contributed by atoms with Crippen molar-refractivity contribution in [2.45, 2.75) is 46.5 Å². The zero-order valence-corrected chi connectivity index (χ0v) is 14.3. The molecule has 2 amide bonds. The quantitative estimate of drug-likeness (QED) is 0.848. The third kappa shape index (κ3) is 4.91. The molecule has 0 atom stereocenters. The number of hydrogen-bond donors (Lipinski definition) is 2. The van der Waals surface area contributed by atoms with E-state index in [4.69, 9.17) is 4.52 Å². The van der Waals surface area contributed by atoms with Crippen LogP contribution in [-0.4, -0.2) is 22.0 Å². The molecule has 7 nitrogen and oxygen atoms in total. The van der Waals surface area contributed by atoms with Gasteiger partial charge in [0.05, 0.1) is 0 Å². The van der Waals surface area contributed by atoms with Crippen LogP contribution in [0, 0.1) is 6.92 Å². The summed E-state index contributed by atoms with van der Waals surface area (Å²) >= 11 is 0. The summed E-state index contributed by atoms with van der Waals surface area (Å²) in [6, 6.07) is 5.33. The number of anilines is 2. The molecule has 1 heterocycles. The lowest BCUT2D eigenvalue weighted by molar-refractivity contribution is -0.116. The number of benzene rings is 1. The Bertz CT molecular complexity index is 737. The van der Waals surface area contributed by atoms with Crippen molar-refractivity contribution in [2.24, 2.45) is 0 Å². The van der Waals surface area contributed by atoms with Gasteiger partial charge in [-0.3, -0.25) is 9.59 Å². The third-order valence-corrected chi connectivity index (χ3v) is 3.39. The fourth-order valence-corrected chi connectivity index (χ4v) is 2.12. The highest BCUT2D eigenvalue weighted by Crippen LogP contribution is 2.20. The van der Waals surface area contributed by atoms with E-state index < -0.39 is 0 Å². The Morgan fingerprint density at radius 3 is 2.58 bits per heavy atom. The highest BCUT2D eigenvalue weighted by molar-refractivity contribution is 5.93. The molecule has 0 radical (unpaired) electrons. The van der Waals surface area contributed by atoms with Crippen LogP contribution in [0.15, 0.2) is 22.7 Å². The summed E-state index contributed by atoms with van der Waals surface area (Å²) < 4.78 is 5.12. The van der Waals surface area contributed by atoms with Gasteiger partial charge in [0.15, 0.2) is 5.82 Å². The van der Waals surface area contributed by atoms with Crippen molar-refractivity contribution in [3.8, 4) is 0 Å². The lowest BCUT2D eigenvalue weighted by Crippen LogP contribution is -2.13. The maximum atomic E-state index is 12.0. The van der Waals surface area contributed by atoms with Crippen molar-refractivity contribution < 1.29 is 14.1 Å². The topological polar surface area (TPSA) is 97.1 Å². The van der Waals surface area contributed by atoms with Crippen molar-refractivity contribution in [3.63, 3.8) is 0 Å². The maximum Gasteiger partial charge on any atom is 0.227 e. The number of hydrogen-bond acceptors (Lipinski definition) is 5. The smallest absolute Gasteiger partial charge is 0.227 e. The Kier molecular flexibility index (Phi) is 5.68. The number of rotatable bonds is 6. The van der Waals surface area contributed by atoms with Gasteiger partial charge in [0.25, 0.3) is 0 Å². The Balaban J connectivity index is 1.89. The van der Waals surface area contributed by atoms with Crippen LogP contribution in [0.25, 0.3) is 0 Å². The summed E-state index contributed by atoms with van der Waals surface area (Å²) in [4.78, 5) is 27.4. The molecule has 2 N–H and O–H groups in total. The first-order valence-corrected chi connectivity index (χ1v) is 7.85. The summed E-state index contributed by atoms with van der Waals surface area (Å²) in [7, 11) is 0. The summed E-state index contributed by atoms with van der Waals surface area (Å²) in [5, 5.41) is 9.42. The number of nitrogens with zero attached hydrogens (tertiary/aromatic N) is 2. The standard InChI is InChI=1S/C17H22N4O3/c1-10(2)17-20-16(24-21-17)8-7-15(23)19-13-5-6-14(11(3)9-13)18-12(4)22/h5-6,9-10H,7-8H2,1-4H3,(H,18,22)(H,19,23). The van der Waals surface area contributed by atoms with Gasteiger partial charge in [0.2, 0.25) is 17.7 Å². The minimum absolute atomic E-state index is 0.129. The number of aromatic nitrogens is 2. The molecule has 0 aliphatic heterocycles. The molecular formula is C17H22N4O3. The SMILES string of the molecule is CC(=O)Nc1ccc(NC(=O)CCc2nc(C(C)C)no2)cc1C. The second-order valence-corrected chi connectivity index (χ2v) is 5.96. The van der Waals surface area contributed by atoms with Crippen LogP contribution in [0.2, 0.25) is 0 Å². The molecule has 1 aromatic carbocycles. The van der Waals surface area contributed by atoms with Crippen molar-refractivity contribution in [1.29, 1.82) is 0 Å². The Labute approximate surface area is 140 Å². The average Bonchev–Trinajstić information content (AvgIpc) is 2.97. The molecule has 2 aromatic rings. The number of amides is 2. The van der Waals surface area contributed by atoms with Crippen LogP contribution in [0.4, 0.5) is 11.4 Å². The molecule has 0 aliphatic rings. The lowest BCUT2D eigenvalue weighted by Gasteiger charge is -2.10. The lowest BCUT2D eigenvalue weighted by atomic mass is 10.1. The van der Waals surface area contributed by atoms with Crippen LogP contribution in [0.5, 0.6) is 0 Å². The van der Waals surface area contributed by atoms with Gasteiger partial charge in [-0.25, -0.2) is 0 Å². The molecule has 0 unspecified atom stereocenters. The van der Waals surface area contributed by atoms with Gasteiger partial charge in [-0.2, -0.15) is 4.98 Å². The fourth-order valence-electron chi connectivity index (χ4n) is 2.12. The number of carbonyl (C=O) groups is 2. The minimum Gasteiger partial charge on any atom is -0.339 e. The first kappa shape index (κ1) is 17.7. The van der Waals surface area contributed by atoms with Crippen molar-refractivity contribution in [1.82, 2.24) is 10.1 Å². The molecule has 1 aromatic heterocycles. The summed E-state index contributed by atoms with van der Waals surface area (Å²) in [6.07, 6.45) is 0.654. The van der Waals surface area contributed by atoms with Gasteiger partial charge in [-0.05, 0) is 30.7 Å². The number of nitrogens with one attached hydrogen (secondary N) is 2. The Morgan fingerprint density at radius 2 is 2.00 bits per heavy atom. The van der Waals surface area contributed by atoms with Crippen LogP contribution in [0.3, 0.4) is 0 Å².